The minimum absolute atomic E-state index is 0.138. The Labute approximate surface area is 93.2 Å². The Kier molecular flexibility index (Phi) is 2.63. The number of carbonyl (C=O) groups is 1. The number of nitrogens with zero attached hydrogens (tertiary/aromatic N) is 3. The van der Waals surface area contributed by atoms with E-state index in [1.807, 2.05) is 0 Å². The van der Waals surface area contributed by atoms with E-state index < -0.39 is 9.84 Å². The summed E-state index contributed by atoms with van der Waals surface area (Å²) in [6, 6.07) is 1.60. The molecule has 0 radical (unpaired) electrons. The maximum Gasteiger partial charge on any atom is 0.248 e. The molecule has 2 heterocycles. The van der Waals surface area contributed by atoms with E-state index in [1.54, 1.807) is 11.0 Å². The molecule has 1 aromatic heterocycles. The molecule has 0 atom stereocenters. The van der Waals surface area contributed by atoms with Crippen molar-refractivity contribution in [2.24, 2.45) is 0 Å². The largest absolute Gasteiger partial charge is 0.349 e. The van der Waals surface area contributed by atoms with Gasteiger partial charge in [0, 0.05) is 25.4 Å². The van der Waals surface area contributed by atoms with Crippen LogP contribution in [0.25, 0.3) is 0 Å². The first-order valence-electron chi connectivity index (χ1n) is 4.76. The van der Waals surface area contributed by atoms with Crippen LogP contribution in [0, 0.1) is 0 Å². The minimum atomic E-state index is -3.40. The highest BCUT2D eigenvalue weighted by atomic mass is 32.2. The fraction of sp³-hybridized carbons (Fsp3) is 0.444. The zero-order chi connectivity index (χ0) is 11.8. The van der Waals surface area contributed by atoms with Gasteiger partial charge in [0.2, 0.25) is 15.0 Å². The molecule has 1 aliphatic rings. The SMILES string of the molecule is CS(=O)(=O)c1nccc(N2CCC(=O)C2)n1. The smallest absolute Gasteiger partial charge is 0.248 e. The van der Waals surface area contributed by atoms with Crippen molar-refractivity contribution < 1.29 is 13.2 Å². The lowest BCUT2D eigenvalue weighted by Gasteiger charge is -2.14. The third-order valence-electron chi connectivity index (χ3n) is 2.30. The van der Waals surface area contributed by atoms with E-state index in [9.17, 15) is 13.2 Å². The molecular weight excluding hydrogens is 230 g/mol. The fourth-order valence-electron chi connectivity index (χ4n) is 1.51. The zero-order valence-electron chi connectivity index (χ0n) is 8.75. The molecule has 86 valence electrons. The van der Waals surface area contributed by atoms with Gasteiger partial charge < -0.3 is 4.90 Å². The lowest BCUT2D eigenvalue weighted by molar-refractivity contribution is -0.116. The molecule has 0 N–H and O–H groups in total. The van der Waals surface area contributed by atoms with Gasteiger partial charge in [0.15, 0.2) is 5.78 Å². The van der Waals surface area contributed by atoms with E-state index in [1.165, 1.54) is 6.20 Å². The van der Waals surface area contributed by atoms with Crippen molar-refractivity contribution in [2.45, 2.75) is 11.6 Å². The standard InChI is InChI=1S/C9H11N3O3S/c1-16(14,15)9-10-4-2-8(11-9)12-5-3-7(13)6-12/h2,4H,3,5-6H2,1H3. The summed E-state index contributed by atoms with van der Waals surface area (Å²) >= 11 is 0. The summed E-state index contributed by atoms with van der Waals surface area (Å²) in [5.74, 6) is 0.626. The minimum Gasteiger partial charge on any atom is -0.349 e. The molecule has 6 nitrogen and oxygen atoms in total. The fourth-order valence-corrected chi connectivity index (χ4v) is 2.02. The molecule has 0 saturated carbocycles. The van der Waals surface area contributed by atoms with Crippen molar-refractivity contribution in [3.05, 3.63) is 12.3 Å². The first kappa shape index (κ1) is 11.0. The molecule has 0 amide bonds. The van der Waals surface area contributed by atoms with Crippen LogP contribution < -0.4 is 4.90 Å². The van der Waals surface area contributed by atoms with Crippen LogP contribution in [0.3, 0.4) is 0 Å². The Morgan fingerprint density at radius 2 is 2.19 bits per heavy atom. The van der Waals surface area contributed by atoms with Gasteiger partial charge in [-0.15, -0.1) is 0 Å². The van der Waals surface area contributed by atoms with Crippen LogP contribution in [-0.2, 0) is 14.6 Å². The summed E-state index contributed by atoms with van der Waals surface area (Å²) in [5.41, 5.74) is 0. The number of aromatic nitrogens is 2. The van der Waals surface area contributed by atoms with Gasteiger partial charge in [0.1, 0.15) is 5.82 Å². The third kappa shape index (κ3) is 2.19. The second kappa shape index (κ2) is 3.82. The summed E-state index contributed by atoms with van der Waals surface area (Å²) in [5, 5.41) is -0.204. The number of sulfone groups is 1. The normalized spacial score (nSPS) is 16.8. The Morgan fingerprint density at radius 1 is 1.44 bits per heavy atom. The summed E-state index contributed by atoms with van der Waals surface area (Å²) in [4.78, 5) is 20.5. The van der Waals surface area contributed by atoms with Gasteiger partial charge in [-0.2, -0.15) is 0 Å². The van der Waals surface area contributed by atoms with E-state index in [-0.39, 0.29) is 10.9 Å². The maximum absolute atomic E-state index is 11.3. The van der Waals surface area contributed by atoms with Crippen LogP contribution in [0.1, 0.15) is 6.42 Å². The van der Waals surface area contributed by atoms with Gasteiger partial charge in [0.25, 0.3) is 0 Å². The number of anilines is 1. The second-order valence-corrected chi connectivity index (χ2v) is 5.59. The van der Waals surface area contributed by atoms with Crippen molar-refractivity contribution in [1.82, 2.24) is 9.97 Å². The Hall–Kier alpha value is -1.50. The molecule has 1 aliphatic heterocycles. The molecule has 0 aromatic carbocycles. The Balaban J connectivity index is 2.33. The van der Waals surface area contributed by atoms with Crippen LogP contribution in [0.15, 0.2) is 17.4 Å². The highest BCUT2D eigenvalue weighted by Gasteiger charge is 2.22. The van der Waals surface area contributed by atoms with Gasteiger partial charge in [0.05, 0.1) is 6.54 Å². The highest BCUT2D eigenvalue weighted by molar-refractivity contribution is 7.90. The quantitative estimate of drug-likeness (QED) is 0.659. The van der Waals surface area contributed by atoms with Crippen molar-refractivity contribution in [1.29, 1.82) is 0 Å². The number of Topliss-reactive ketones (excluding diaryl/α,β-unsaturated/α-hetero) is 1. The van der Waals surface area contributed by atoms with E-state index >= 15 is 0 Å². The first-order chi connectivity index (χ1) is 7.47. The van der Waals surface area contributed by atoms with E-state index in [4.69, 9.17) is 0 Å². The molecule has 0 aliphatic carbocycles. The summed E-state index contributed by atoms with van der Waals surface area (Å²) in [6.45, 7) is 0.874. The molecule has 7 heteroatoms. The number of carbonyl (C=O) groups excluding carboxylic acids is 1. The number of hydrogen-bond donors (Lipinski definition) is 0. The van der Waals surface area contributed by atoms with Crippen molar-refractivity contribution in [3.8, 4) is 0 Å². The van der Waals surface area contributed by atoms with Crippen LogP contribution >= 0.6 is 0 Å². The van der Waals surface area contributed by atoms with Gasteiger partial charge in [-0.3, -0.25) is 4.79 Å². The van der Waals surface area contributed by atoms with Crippen molar-refractivity contribution in [3.63, 3.8) is 0 Å². The van der Waals surface area contributed by atoms with Crippen LogP contribution in [0.4, 0.5) is 5.82 Å². The van der Waals surface area contributed by atoms with Gasteiger partial charge in [-0.25, -0.2) is 18.4 Å². The summed E-state index contributed by atoms with van der Waals surface area (Å²) < 4.78 is 22.5. The average Bonchev–Trinajstić information content (AvgIpc) is 2.64. The van der Waals surface area contributed by atoms with Gasteiger partial charge in [-0.05, 0) is 6.07 Å². The molecule has 1 fully saturated rings. The lowest BCUT2D eigenvalue weighted by atomic mass is 10.4. The average molecular weight is 241 g/mol. The van der Waals surface area contributed by atoms with Crippen LogP contribution in [0.2, 0.25) is 0 Å². The lowest BCUT2D eigenvalue weighted by Crippen LogP contribution is -2.21. The molecular formula is C9H11N3O3S. The highest BCUT2D eigenvalue weighted by Crippen LogP contribution is 2.16. The maximum atomic E-state index is 11.3. The van der Waals surface area contributed by atoms with Crippen molar-refractivity contribution >= 4 is 21.4 Å². The first-order valence-corrected chi connectivity index (χ1v) is 6.66. The molecule has 1 saturated heterocycles. The molecule has 1 aromatic rings. The van der Waals surface area contributed by atoms with E-state index in [0.717, 1.165) is 6.26 Å². The summed E-state index contributed by atoms with van der Waals surface area (Å²) in [6.07, 6.45) is 2.93. The third-order valence-corrected chi connectivity index (χ3v) is 3.16. The predicted molar refractivity (Wildman–Crippen MR) is 57.0 cm³/mol. The Morgan fingerprint density at radius 3 is 2.75 bits per heavy atom. The van der Waals surface area contributed by atoms with Gasteiger partial charge >= 0.3 is 0 Å². The van der Waals surface area contributed by atoms with E-state index in [0.29, 0.717) is 25.3 Å². The topological polar surface area (TPSA) is 80.2 Å². The van der Waals surface area contributed by atoms with Crippen molar-refractivity contribution in [2.75, 3.05) is 24.2 Å². The monoisotopic (exact) mass is 241 g/mol. The van der Waals surface area contributed by atoms with Crippen LogP contribution in [0.5, 0.6) is 0 Å². The number of hydrogen-bond acceptors (Lipinski definition) is 6. The molecule has 2 rings (SSSR count). The Bertz CT molecular complexity index is 527. The molecule has 0 bridgehead atoms. The predicted octanol–water partition coefficient (Wildman–Crippen LogP) is -0.341. The number of ketones is 1. The van der Waals surface area contributed by atoms with Gasteiger partial charge in [-0.1, -0.05) is 0 Å². The van der Waals surface area contributed by atoms with E-state index in [2.05, 4.69) is 9.97 Å². The molecule has 16 heavy (non-hydrogen) atoms. The molecule has 0 unspecified atom stereocenters. The van der Waals surface area contributed by atoms with Crippen LogP contribution in [-0.4, -0.2) is 43.5 Å². The molecule has 0 spiro atoms. The second-order valence-electron chi connectivity index (χ2n) is 3.68. The number of rotatable bonds is 2. The summed E-state index contributed by atoms with van der Waals surface area (Å²) in [7, 11) is -3.40. The zero-order valence-corrected chi connectivity index (χ0v) is 9.57.